The fourth-order valence-corrected chi connectivity index (χ4v) is 3.56. The first-order chi connectivity index (χ1) is 10.2. The van der Waals surface area contributed by atoms with Gasteiger partial charge in [-0.3, -0.25) is 13.9 Å². The fraction of sp³-hybridized carbons (Fsp3) is 0.429. The molecule has 1 aliphatic heterocycles. The number of nitrogens with zero attached hydrogens (tertiary/aromatic N) is 1. The van der Waals surface area contributed by atoms with Crippen molar-refractivity contribution < 1.29 is 22.7 Å². The molecule has 0 spiro atoms. The maximum Gasteiger partial charge on any atom is 0.306 e. The van der Waals surface area contributed by atoms with Gasteiger partial charge in [0.1, 0.15) is 0 Å². The van der Waals surface area contributed by atoms with Crippen LogP contribution < -0.4 is 4.31 Å². The van der Waals surface area contributed by atoms with Crippen LogP contribution >= 0.6 is 11.6 Å². The smallest absolute Gasteiger partial charge is 0.306 e. The van der Waals surface area contributed by atoms with Gasteiger partial charge in [0, 0.05) is 17.1 Å². The molecule has 1 unspecified atom stereocenters. The molecule has 6 nitrogen and oxygen atoms in total. The summed E-state index contributed by atoms with van der Waals surface area (Å²) in [5, 5.41) is 0.331. The summed E-state index contributed by atoms with van der Waals surface area (Å²) in [6.07, 6.45) is 0.896. The number of Topliss-reactive ketones (excluding diaryl/α,β-unsaturated/α-hetero) is 1. The van der Waals surface area contributed by atoms with Gasteiger partial charge in [0.05, 0.1) is 30.9 Å². The number of sulfonamides is 1. The lowest BCUT2D eigenvalue weighted by Crippen LogP contribution is -2.43. The first-order valence-electron chi connectivity index (χ1n) is 6.71. The molecule has 1 aromatic rings. The number of benzene rings is 1. The van der Waals surface area contributed by atoms with Crippen LogP contribution in [0.4, 0.5) is 5.69 Å². The summed E-state index contributed by atoms with van der Waals surface area (Å²) in [6.45, 7) is 1.79. The van der Waals surface area contributed by atoms with Gasteiger partial charge in [0.2, 0.25) is 10.0 Å². The minimum atomic E-state index is -3.57. The Labute approximate surface area is 134 Å². The second-order valence-electron chi connectivity index (χ2n) is 5.03. The summed E-state index contributed by atoms with van der Waals surface area (Å²) in [6, 6.07) is 4.45. The van der Waals surface area contributed by atoms with Crippen molar-refractivity contribution in [2.75, 3.05) is 23.7 Å². The molecular formula is C14H16ClNO5S. The third-order valence-electron chi connectivity index (χ3n) is 3.37. The van der Waals surface area contributed by atoms with Crippen molar-refractivity contribution in [2.45, 2.75) is 13.3 Å². The molecule has 0 aliphatic carbocycles. The van der Waals surface area contributed by atoms with Crippen LogP contribution in [0.25, 0.3) is 0 Å². The molecule has 0 fully saturated rings. The predicted octanol–water partition coefficient (Wildman–Crippen LogP) is 1.87. The van der Waals surface area contributed by atoms with Crippen molar-refractivity contribution in [2.24, 2.45) is 5.92 Å². The fourth-order valence-electron chi connectivity index (χ4n) is 2.42. The van der Waals surface area contributed by atoms with Crippen molar-refractivity contribution in [3.05, 3.63) is 28.8 Å². The molecule has 1 aliphatic rings. The quantitative estimate of drug-likeness (QED) is 0.778. The lowest BCUT2D eigenvalue weighted by molar-refractivity contribution is -0.143. The number of hydrogen-bond donors (Lipinski definition) is 0. The number of esters is 1. The summed E-state index contributed by atoms with van der Waals surface area (Å²) in [4.78, 5) is 24.1. The lowest BCUT2D eigenvalue weighted by Gasteiger charge is -2.33. The van der Waals surface area contributed by atoms with Gasteiger partial charge in [-0.2, -0.15) is 0 Å². The number of hydrogen-bond acceptors (Lipinski definition) is 5. The number of rotatable bonds is 4. The Kier molecular flexibility index (Phi) is 4.77. The second-order valence-corrected chi connectivity index (χ2v) is 7.37. The molecule has 1 aromatic carbocycles. The third kappa shape index (κ3) is 3.41. The van der Waals surface area contributed by atoms with Crippen LogP contribution in [0.3, 0.4) is 0 Å². The highest BCUT2D eigenvalue weighted by Gasteiger charge is 2.37. The third-order valence-corrected chi connectivity index (χ3v) is 4.75. The van der Waals surface area contributed by atoms with Crippen molar-refractivity contribution in [1.29, 1.82) is 0 Å². The number of carbonyl (C=O) groups is 2. The lowest BCUT2D eigenvalue weighted by atomic mass is 9.90. The predicted molar refractivity (Wildman–Crippen MR) is 82.7 cm³/mol. The highest BCUT2D eigenvalue weighted by Crippen LogP contribution is 2.34. The van der Waals surface area contributed by atoms with E-state index in [1.165, 1.54) is 18.2 Å². The number of halogens is 1. The molecular weight excluding hydrogens is 330 g/mol. The van der Waals surface area contributed by atoms with Crippen LogP contribution in [0.2, 0.25) is 5.02 Å². The van der Waals surface area contributed by atoms with Gasteiger partial charge in [0.25, 0.3) is 0 Å². The van der Waals surface area contributed by atoms with E-state index in [1.807, 2.05) is 0 Å². The summed E-state index contributed by atoms with van der Waals surface area (Å²) in [5.74, 6) is -1.61. The molecule has 2 rings (SSSR count). The van der Waals surface area contributed by atoms with Crippen LogP contribution in [0.15, 0.2) is 18.2 Å². The molecule has 1 atom stereocenters. The standard InChI is InChI=1S/C14H16ClNO5S/c1-3-21-13(17)6-9-8-16(22(2,19)20)12-5-4-10(15)7-11(12)14(9)18/h4-5,7,9H,3,6,8H2,1-2H3. The number of carbonyl (C=O) groups excluding carboxylic acids is 2. The Morgan fingerprint density at radius 3 is 2.73 bits per heavy atom. The van der Waals surface area contributed by atoms with E-state index in [2.05, 4.69) is 0 Å². The highest BCUT2D eigenvalue weighted by molar-refractivity contribution is 7.92. The molecule has 120 valence electrons. The Morgan fingerprint density at radius 1 is 1.45 bits per heavy atom. The second kappa shape index (κ2) is 6.26. The van der Waals surface area contributed by atoms with Crippen LogP contribution in [-0.4, -0.2) is 39.6 Å². The van der Waals surface area contributed by atoms with E-state index in [0.717, 1.165) is 10.6 Å². The molecule has 8 heteroatoms. The van der Waals surface area contributed by atoms with Crippen LogP contribution in [0, 0.1) is 5.92 Å². The van der Waals surface area contributed by atoms with E-state index in [-0.39, 0.29) is 36.6 Å². The van der Waals surface area contributed by atoms with Gasteiger partial charge >= 0.3 is 5.97 Å². The molecule has 0 radical (unpaired) electrons. The van der Waals surface area contributed by atoms with Crippen molar-refractivity contribution in [1.82, 2.24) is 0 Å². The van der Waals surface area contributed by atoms with Gasteiger partial charge in [-0.1, -0.05) is 11.6 Å². The van der Waals surface area contributed by atoms with Gasteiger partial charge in [-0.05, 0) is 25.1 Å². The van der Waals surface area contributed by atoms with E-state index in [9.17, 15) is 18.0 Å². The van der Waals surface area contributed by atoms with Crippen LogP contribution in [0.5, 0.6) is 0 Å². The average molecular weight is 346 g/mol. The van der Waals surface area contributed by atoms with E-state index < -0.39 is 21.9 Å². The summed E-state index contributed by atoms with van der Waals surface area (Å²) < 4.78 is 29.9. The SMILES string of the molecule is CCOC(=O)CC1CN(S(C)(=O)=O)c2ccc(Cl)cc2C1=O. The van der Waals surface area contributed by atoms with Crippen molar-refractivity contribution >= 4 is 39.1 Å². The number of anilines is 1. The monoisotopic (exact) mass is 345 g/mol. The van der Waals surface area contributed by atoms with Gasteiger partial charge in [-0.25, -0.2) is 8.42 Å². The molecule has 1 heterocycles. The first-order valence-corrected chi connectivity index (χ1v) is 8.93. The number of ketones is 1. The summed E-state index contributed by atoms with van der Waals surface area (Å²) >= 11 is 5.90. The van der Waals surface area contributed by atoms with E-state index >= 15 is 0 Å². The summed E-state index contributed by atoms with van der Waals surface area (Å²) in [5.41, 5.74) is 0.496. The Balaban J connectivity index is 2.43. The van der Waals surface area contributed by atoms with Crippen LogP contribution in [-0.2, 0) is 19.6 Å². The van der Waals surface area contributed by atoms with Gasteiger partial charge in [0.15, 0.2) is 5.78 Å². The van der Waals surface area contributed by atoms with Crippen molar-refractivity contribution in [3.63, 3.8) is 0 Å². The molecule has 0 aromatic heterocycles. The zero-order valence-corrected chi connectivity index (χ0v) is 13.8. The van der Waals surface area contributed by atoms with Gasteiger partial charge < -0.3 is 4.74 Å². The zero-order valence-electron chi connectivity index (χ0n) is 12.2. The van der Waals surface area contributed by atoms with Crippen LogP contribution in [0.1, 0.15) is 23.7 Å². The molecule has 0 amide bonds. The first kappa shape index (κ1) is 16.8. The minimum Gasteiger partial charge on any atom is -0.466 e. The van der Waals surface area contributed by atoms with E-state index in [1.54, 1.807) is 6.92 Å². The zero-order chi connectivity index (χ0) is 16.5. The molecule has 0 saturated carbocycles. The Morgan fingerprint density at radius 2 is 2.14 bits per heavy atom. The summed E-state index contributed by atoms with van der Waals surface area (Å²) in [7, 11) is -3.57. The number of ether oxygens (including phenoxy) is 1. The van der Waals surface area contributed by atoms with E-state index in [0.29, 0.717) is 5.02 Å². The topological polar surface area (TPSA) is 80.8 Å². The van der Waals surface area contributed by atoms with E-state index in [4.69, 9.17) is 16.3 Å². The Bertz CT molecular complexity index is 716. The Hall–Kier alpha value is -1.60. The molecule has 22 heavy (non-hydrogen) atoms. The highest BCUT2D eigenvalue weighted by atomic mass is 35.5. The van der Waals surface area contributed by atoms with Gasteiger partial charge in [-0.15, -0.1) is 0 Å². The minimum absolute atomic E-state index is 0.0783. The number of fused-ring (bicyclic) bond motifs is 1. The molecule has 0 saturated heterocycles. The maximum atomic E-state index is 12.5. The molecule has 0 N–H and O–H groups in total. The maximum absolute atomic E-state index is 12.5. The average Bonchev–Trinajstić information content (AvgIpc) is 2.41. The van der Waals surface area contributed by atoms with Crippen molar-refractivity contribution in [3.8, 4) is 0 Å². The normalized spacial score (nSPS) is 18.0. The largest absolute Gasteiger partial charge is 0.466 e. The molecule has 0 bridgehead atoms.